The minimum Gasteiger partial charge on any atom is -0.480 e. The second-order valence-electron chi connectivity index (χ2n) is 3.81. The number of carboxylic acids is 1. The molecule has 1 heterocycles. The minimum absolute atomic E-state index is 0.116. The van der Waals surface area contributed by atoms with Gasteiger partial charge in [0.15, 0.2) is 5.69 Å². The van der Waals surface area contributed by atoms with Crippen molar-refractivity contribution in [1.29, 1.82) is 0 Å². The normalized spacial score (nSPS) is 13.1. The van der Waals surface area contributed by atoms with Crippen LogP contribution in [-0.4, -0.2) is 32.8 Å². The summed E-state index contributed by atoms with van der Waals surface area (Å²) in [7, 11) is 1.17. The van der Waals surface area contributed by atoms with E-state index in [9.17, 15) is 22.8 Å². The zero-order valence-corrected chi connectivity index (χ0v) is 10.2. The molecule has 0 aliphatic carbocycles. The highest BCUT2D eigenvalue weighted by Gasteiger charge is 2.35. The molecule has 6 nitrogen and oxygen atoms in total. The molecule has 1 aromatic rings. The Morgan fingerprint density at radius 1 is 1.53 bits per heavy atom. The third-order valence-electron chi connectivity index (χ3n) is 2.41. The molecule has 0 radical (unpaired) electrons. The van der Waals surface area contributed by atoms with Crippen molar-refractivity contribution in [2.75, 3.05) is 0 Å². The number of rotatable bonds is 4. The van der Waals surface area contributed by atoms with Crippen LogP contribution in [0, 0.1) is 0 Å². The van der Waals surface area contributed by atoms with E-state index in [1.54, 1.807) is 0 Å². The van der Waals surface area contributed by atoms with E-state index >= 15 is 0 Å². The monoisotopic (exact) mass is 279 g/mol. The van der Waals surface area contributed by atoms with Gasteiger partial charge in [0.1, 0.15) is 11.7 Å². The van der Waals surface area contributed by atoms with Gasteiger partial charge < -0.3 is 10.4 Å². The SMILES string of the molecule is CCC(NC(=O)c1cc(C(F)(F)F)nn1C)C(=O)O. The van der Waals surface area contributed by atoms with Crippen molar-refractivity contribution in [3.05, 3.63) is 17.5 Å². The summed E-state index contributed by atoms with van der Waals surface area (Å²) >= 11 is 0. The quantitative estimate of drug-likeness (QED) is 0.862. The Bertz CT molecular complexity index is 496. The van der Waals surface area contributed by atoms with Gasteiger partial charge in [0.05, 0.1) is 0 Å². The van der Waals surface area contributed by atoms with E-state index in [0.717, 1.165) is 4.68 Å². The number of carbonyl (C=O) groups excluding carboxylic acids is 1. The molecule has 0 aromatic carbocycles. The van der Waals surface area contributed by atoms with Crippen LogP contribution in [-0.2, 0) is 18.0 Å². The first kappa shape index (κ1) is 15.0. The summed E-state index contributed by atoms with van der Waals surface area (Å²) in [5.41, 5.74) is -1.56. The maximum atomic E-state index is 12.4. The van der Waals surface area contributed by atoms with Crippen LogP contribution in [0.2, 0.25) is 0 Å². The van der Waals surface area contributed by atoms with Crippen molar-refractivity contribution in [2.24, 2.45) is 7.05 Å². The minimum atomic E-state index is -4.66. The number of hydrogen-bond donors (Lipinski definition) is 2. The lowest BCUT2D eigenvalue weighted by Crippen LogP contribution is -2.40. The number of halogens is 3. The molecule has 9 heteroatoms. The largest absolute Gasteiger partial charge is 0.480 e. The fourth-order valence-corrected chi connectivity index (χ4v) is 1.39. The molecule has 0 aliphatic heterocycles. The maximum Gasteiger partial charge on any atom is 0.435 e. The van der Waals surface area contributed by atoms with E-state index in [2.05, 4.69) is 10.4 Å². The number of aryl methyl sites for hydroxylation is 1. The van der Waals surface area contributed by atoms with Gasteiger partial charge in [0.2, 0.25) is 0 Å². The van der Waals surface area contributed by atoms with Crippen molar-refractivity contribution in [1.82, 2.24) is 15.1 Å². The molecule has 1 unspecified atom stereocenters. The highest BCUT2D eigenvalue weighted by molar-refractivity contribution is 5.95. The van der Waals surface area contributed by atoms with Gasteiger partial charge in [-0.3, -0.25) is 9.48 Å². The lowest BCUT2D eigenvalue weighted by atomic mass is 10.2. The maximum absolute atomic E-state index is 12.4. The average Bonchev–Trinajstić information content (AvgIpc) is 2.67. The average molecular weight is 279 g/mol. The van der Waals surface area contributed by atoms with Crippen molar-refractivity contribution >= 4 is 11.9 Å². The van der Waals surface area contributed by atoms with Crippen LogP contribution in [0.15, 0.2) is 6.07 Å². The Hall–Kier alpha value is -2.06. The van der Waals surface area contributed by atoms with Crippen LogP contribution in [0.5, 0.6) is 0 Å². The molecule has 0 saturated heterocycles. The number of nitrogens with one attached hydrogen (secondary N) is 1. The lowest BCUT2D eigenvalue weighted by Gasteiger charge is -2.11. The molecule has 1 atom stereocenters. The molecule has 2 N–H and O–H groups in total. The molecule has 1 amide bonds. The van der Waals surface area contributed by atoms with Crippen LogP contribution in [0.4, 0.5) is 13.2 Å². The molecule has 1 aromatic heterocycles. The topological polar surface area (TPSA) is 84.2 Å². The molecular formula is C10H12F3N3O3. The fraction of sp³-hybridized carbons (Fsp3) is 0.500. The molecule has 106 valence electrons. The fourth-order valence-electron chi connectivity index (χ4n) is 1.39. The van der Waals surface area contributed by atoms with Gasteiger partial charge in [-0.05, 0) is 6.42 Å². The second-order valence-corrected chi connectivity index (χ2v) is 3.81. The second kappa shape index (κ2) is 5.29. The van der Waals surface area contributed by atoms with Gasteiger partial charge in [0.25, 0.3) is 5.91 Å². The van der Waals surface area contributed by atoms with E-state index in [0.29, 0.717) is 6.07 Å². The summed E-state index contributed by atoms with van der Waals surface area (Å²) in [6.45, 7) is 1.53. The van der Waals surface area contributed by atoms with Gasteiger partial charge in [-0.1, -0.05) is 6.92 Å². The summed E-state index contributed by atoms with van der Waals surface area (Å²) in [6.07, 6.45) is -4.54. The van der Waals surface area contributed by atoms with Crippen molar-refractivity contribution in [3.63, 3.8) is 0 Å². The van der Waals surface area contributed by atoms with Crippen LogP contribution < -0.4 is 5.32 Å². The van der Waals surface area contributed by atoms with Gasteiger partial charge in [-0.25, -0.2) is 4.79 Å². The first-order chi connectivity index (χ1) is 8.66. The summed E-state index contributed by atoms with van der Waals surface area (Å²) in [5, 5.41) is 14.0. The zero-order valence-electron chi connectivity index (χ0n) is 10.2. The molecular weight excluding hydrogens is 267 g/mol. The molecule has 0 spiro atoms. The highest BCUT2D eigenvalue weighted by Crippen LogP contribution is 2.28. The lowest BCUT2D eigenvalue weighted by molar-refractivity contribution is -0.141. The standard InChI is InChI=1S/C10H12F3N3O3/c1-3-5(9(18)19)14-8(17)6-4-7(10(11,12)13)15-16(6)2/h4-5H,3H2,1-2H3,(H,14,17)(H,18,19). The molecule has 0 bridgehead atoms. The third-order valence-corrected chi connectivity index (χ3v) is 2.41. The third kappa shape index (κ3) is 3.46. The number of carbonyl (C=O) groups is 2. The van der Waals surface area contributed by atoms with E-state index in [1.807, 2.05) is 0 Å². The van der Waals surface area contributed by atoms with Gasteiger partial charge in [0, 0.05) is 13.1 Å². The number of amides is 1. The van der Waals surface area contributed by atoms with Crippen LogP contribution in [0.1, 0.15) is 29.5 Å². The van der Waals surface area contributed by atoms with Gasteiger partial charge >= 0.3 is 12.1 Å². The summed E-state index contributed by atoms with van der Waals surface area (Å²) in [5.74, 6) is -2.17. The van der Waals surface area contributed by atoms with Gasteiger partial charge in [-0.15, -0.1) is 0 Å². The Morgan fingerprint density at radius 2 is 2.11 bits per heavy atom. The van der Waals surface area contributed by atoms with Crippen molar-refractivity contribution in [2.45, 2.75) is 25.6 Å². The Kier molecular flexibility index (Phi) is 4.17. The van der Waals surface area contributed by atoms with Crippen LogP contribution in [0.25, 0.3) is 0 Å². The predicted molar refractivity (Wildman–Crippen MR) is 57.4 cm³/mol. The summed E-state index contributed by atoms with van der Waals surface area (Å²) < 4.78 is 38.0. The number of aliphatic carboxylic acids is 1. The molecule has 19 heavy (non-hydrogen) atoms. The van der Waals surface area contributed by atoms with E-state index in [4.69, 9.17) is 5.11 Å². The van der Waals surface area contributed by atoms with Crippen molar-refractivity contribution in [3.8, 4) is 0 Å². The number of alkyl halides is 3. The van der Waals surface area contributed by atoms with Crippen molar-refractivity contribution < 1.29 is 27.9 Å². The van der Waals surface area contributed by atoms with Crippen LogP contribution in [0.3, 0.4) is 0 Å². The van der Waals surface area contributed by atoms with E-state index < -0.39 is 29.8 Å². The summed E-state index contributed by atoms with van der Waals surface area (Å²) in [4.78, 5) is 22.4. The molecule has 0 saturated carbocycles. The molecule has 0 fully saturated rings. The van der Waals surface area contributed by atoms with E-state index in [1.165, 1.54) is 14.0 Å². The predicted octanol–water partition coefficient (Wildman–Crippen LogP) is 1.03. The first-order valence-corrected chi connectivity index (χ1v) is 5.31. The van der Waals surface area contributed by atoms with Gasteiger partial charge in [-0.2, -0.15) is 18.3 Å². The smallest absolute Gasteiger partial charge is 0.435 e. The molecule has 0 aliphatic rings. The zero-order chi connectivity index (χ0) is 14.8. The highest BCUT2D eigenvalue weighted by atomic mass is 19.4. The Balaban J connectivity index is 2.95. The van der Waals surface area contributed by atoms with Crippen LogP contribution >= 0.6 is 0 Å². The summed E-state index contributed by atoms with van der Waals surface area (Å²) in [6, 6.07) is -0.582. The number of aromatic nitrogens is 2. The Labute approximate surface area is 106 Å². The number of carboxylic acid groups (broad SMARTS) is 1. The Morgan fingerprint density at radius 3 is 2.47 bits per heavy atom. The van der Waals surface area contributed by atoms with E-state index in [-0.39, 0.29) is 12.1 Å². The number of hydrogen-bond acceptors (Lipinski definition) is 3. The first-order valence-electron chi connectivity index (χ1n) is 5.31. The number of nitrogens with zero attached hydrogens (tertiary/aromatic N) is 2. The molecule has 1 rings (SSSR count).